The van der Waals surface area contributed by atoms with E-state index in [1.807, 2.05) is 25.1 Å². The van der Waals surface area contributed by atoms with Gasteiger partial charge in [-0.25, -0.2) is 4.98 Å². The number of carbonyl (C=O) groups excluding carboxylic acids is 3. The molecule has 36 heavy (non-hydrogen) atoms. The predicted molar refractivity (Wildman–Crippen MR) is 137 cm³/mol. The molecule has 0 saturated carbocycles. The first kappa shape index (κ1) is 24.1. The Morgan fingerprint density at radius 1 is 1.14 bits per heavy atom. The molecule has 8 nitrogen and oxygen atoms in total. The number of imide groups is 1. The molecule has 0 bridgehead atoms. The number of H-pyrrole nitrogens is 1. The summed E-state index contributed by atoms with van der Waals surface area (Å²) < 4.78 is 0. The molecule has 2 aromatic carbocycles. The van der Waals surface area contributed by atoms with Gasteiger partial charge in [-0.2, -0.15) is 0 Å². The van der Waals surface area contributed by atoms with Crippen LogP contribution in [0.3, 0.4) is 0 Å². The van der Waals surface area contributed by atoms with Crippen molar-refractivity contribution in [1.82, 2.24) is 19.8 Å². The molecule has 5 rings (SSSR count). The van der Waals surface area contributed by atoms with E-state index >= 15 is 0 Å². The van der Waals surface area contributed by atoms with E-state index in [1.165, 1.54) is 4.90 Å². The molecule has 186 valence electrons. The molecule has 0 atom stereocenters. The fourth-order valence-electron chi connectivity index (χ4n) is 5.07. The number of aromatic nitrogens is 2. The van der Waals surface area contributed by atoms with E-state index in [9.17, 15) is 14.4 Å². The summed E-state index contributed by atoms with van der Waals surface area (Å²) in [6.07, 6.45) is 3.11. The molecule has 3 heterocycles. The van der Waals surface area contributed by atoms with Crippen molar-refractivity contribution in [3.63, 3.8) is 0 Å². The van der Waals surface area contributed by atoms with Gasteiger partial charge in [0.15, 0.2) is 0 Å². The summed E-state index contributed by atoms with van der Waals surface area (Å²) in [5.41, 5.74) is 3.39. The molecule has 2 aliphatic rings. The van der Waals surface area contributed by atoms with Gasteiger partial charge in [-0.1, -0.05) is 29.8 Å². The maximum absolute atomic E-state index is 13.4. The number of piperidine rings is 1. The highest BCUT2D eigenvalue weighted by molar-refractivity contribution is 6.30. The number of aryl methyl sites for hydroxylation is 1. The summed E-state index contributed by atoms with van der Waals surface area (Å²) in [5.74, 6) is 0.191. The fraction of sp³-hybridized carbons (Fsp3) is 0.333. The van der Waals surface area contributed by atoms with Crippen molar-refractivity contribution in [2.45, 2.75) is 32.9 Å². The van der Waals surface area contributed by atoms with E-state index in [1.54, 1.807) is 42.4 Å². The van der Waals surface area contributed by atoms with Crippen LogP contribution in [-0.4, -0.2) is 57.6 Å². The Hall–Kier alpha value is -3.65. The summed E-state index contributed by atoms with van der Waals surface area (Å²) in [6, 6.07) is 12.6. The Morgan fingerprint density at radius 3 is 2.58 bits per heavy atom. The zero-order valence-corrected chi connectivity index (χ0v) is 21.1. The van der Waals surface area contributed by atoms with Gasteiger partial charge in [-0.15, -0.1) is 0 Å². The predicted octanol–water partition coefficient (Wildman–Crippen LogP) is 4.04. The molecule has 3 aromatic rings. The highest BCUT2D eigenvalue weighted by atomic mass is 35.5. The maximum atomic E-state index is 13.4. The molecule has 0 aliphatic carbocycles. The molecule has 1 aromatic heterocycles. The lowest BCUT2D eigenvalue weighted by Crippen LogP contribution is -2.41. The number of benzene rings is 2. The Balaban J connectivity index is 1.27. The van der Waals surface area contributed by atoms with E-state index in [0.29, 0.717) is 48.6 Å². The van der Waals surface area contributed by atoms with Gasteiger partial charge in [0.05, 0.1) is 29.9 Å². The molecular weight excluding hydrogens is 478 g/mol. The number of rotatable bonds is 6. The van der Waals surface area contributed by atoms with Crippen LogP contribution in [0.5, 0.6) is 0 Å². The quantitative estimate of drug-likeness (QED) is 0.511. The van der Waals surface area contributed by atoms with E-state index in [4.69, 9.17) is 11.6 Å². The summed E-state index contributed by atoms with van der Waals surface area (Å²) in [7, 11) is 1.80. The van der Waals surface area contributed by atoms with Crippen molar-refractivity contribution >= 4 is 35.0 Å². The standard InChI is InChI=1S/C27H28ClN5O3/c1-17-14-29-23(30-17)16-31(2)25(34)19-9-11-32(12-10-19)22-8-4-7-21-24(22)27(36)33(26(21)35)15-18-5-3-6-20(28)13-18/h3-8,13-14,19H,9-12,15-16H2,1-2H3,(H,29,30). The minimum atomic E-state index is -0.295. The molecule has 1 fully saturated rings. The summed E-state index contributed by atoms with van der Waals surface area (Å²) >= 11 is 6.09. The number of nitrogens with one attached hydrogen (secondary N) is 1. The molecule has 9 heteroatoms. The fourth-order valence-corrected chi connectivity index (χ4v) is 5.28. The summed E-state index contributed by atoms with van der Waals surface area (Å²) in [6.45, 7) is 3.82. The third-order valence-electron chi connectivity index (χ3n) is 6.91. The van der Waals surface area contributed by atoms with Crippen molar-refractivity contribution in [1.29, 1.82) is 0 Å². The number of nitrogens with zero attached hydrogens (tertiary/aromatic N) is 4. The molecule has 3 amide bonds. The average Bonchev–Trinajstić information content (AvgIpc) is 3.39. The average molecular weight is 506 g/mol. The van der Waals surface area contributed by atoms with Crippen molar-refractivity contribution in [2.24, 2.45) is 5.92 Å². The van der Waals surface area contributed by atoms with Crippen LogP contribution in [0.4, 0.5) is 5.69 Å². The topological polar surface area (TPSA) is 89.6 Å². The van der Waals surface area contributed by atoms with Crippen LogP contribution in [-0.2, 0) is 17.9 Å². The Morgan fingerprint density at radius 2 is 1.89 bits per heavy atom. The number of amides is 3. The number of carbonyl (C=O) groups is 3. The van der Waals surface area contributed by atoms with Gasteiger partial charge in [0.25, 0.3) is 11.8 Å². The molecule has 2 aliphatic heterocycles. The maximum Gasteiger partial charge on any atom is 0.263 e. The van der Waals surface area contributed by atoms with Gasteiger partial charge >= 0.3 is 0 Å². The number of hydrogen-bond donors (Lipinski definition) is 1. The molecular formula is C27H28ClN5O3. The monoisotopic (exact) mass is 505 g/mol. The molecule has 1 N–H and O–H groups in total. The highest BCUT2D eigenvalue weighted by Gasteiger charge is 2.39. The second-order valence-corrected chi connectivity index (χ2v) is 9.93. The van der Waals surface area contributed by atoms with Gasteiger partial charge in [0, 0.05) is 43.0 Å². The Kier molecular flexibility index (Phi) is 6.53. The highest BCUT2D eigenvalue weighted by Crippen LogP contribution is 2.35. The van der Waals surface area contributed by atoms with Gasteiger partial charge in [0.1, 0.15) is 5.82 Å². The number of hydrogen-bond acceptors (Lipinski definition) is 5. The Bertz CT molecular complexity index is 1330. The molecule has 1 saturated heterocycles. The van der Waals surface area contributed by atoms with Gasteiger partial charge in [0.2, 0.25) is 5.91 Å². The zero-order valence-electron chi connectivity index (χ0n) is 20.3. The number of imidazole rings is 1. The van der Waals surface area contributed by atoms with Gasteiger partial charge in [-0.3, -0.25) is 19.3 Å². The summed E-state index contributed by atoms with van der Waals surface area (Å²) in [4.78, 5) is 52.1. The number of fused-ring (bicyclic) bond motifs is 1. The zero-order chi connectivity index (χ0) is 25.4. The van der Waals surface area contributed by atoms with Crippen LogP contribution >= 0.6 is 11.6 Å². The smallest absolute Gasteiger partial charge is 0.263 e. The first-order valence-corrected chi connectivity index (χ1v) is 12.4. The van der Waals surface area contributed by atoms with Crippen LogP contribution in [0, 0.1) is 12.8 Å². The van der Waals surface area contributed by atoms with E-state index in [2.05, 4.69) is 14.9 Å². The lowest BCUT2D eigenvalue weighted by molar-refractivity contribution is -0.135. The van der Waals surface area contributed by atoms with E-state index in [0.717, 1.165) is 22.8 Å². The second-order valence-electron chi connectivity index (χ2n) is 9.49. The van der Waals surface area contributed by atoms with Crippen molar-refractivity contribution in [3.05, 3.63) is 81.9 Å². The minimum Gasteiger partial charge on any atom is -0.371 e. The number of aromatic amines is 1. The lowest BCUT2D eigenvalue weighted by Gasteiger charge is -2.35. The van der Waals surface area contributed by atoms with Crippen LogP contribution in [0.2, 0.25) is 5.02 Å². The largest absolute Gasteiger partial charge is 0.371 e. The third-order valence-corrected chi connectivity index (χ3v) is 7.15. The first-order chi connectivity index (χ1) is 17.3. The summed E-state index contributed by atoms with van der Waals surface area (Å²) in [5, 5.41) is 0.562. The third kappa shape index (κ3) is 4.60. The number of anilines is 1. The number of halogens is 1. The van der Waals surface area contributed by atoms with Crippen LogP contribution < -0.4 is 4.90 Å². The Labute approximate surface area is 214 Å². The van der Waals surface area contributed by atoms with Crippen LogP contribution in [0.15, 0.2) is 48.7 Å². The van der Waals surface area contributed by atoms with Crippen LogP contribution in [0.1, 0.15) is 50.6 Å². The molecule has 0 unspecified atom stereocenters. The lowest BCUT2D eigenvalue weighted by atomic mass is 9.94. The molecule has 0 spiro atoms. The van der Waals surface area contributed by atoms with E-state index in [-0.39, 0.29) is 30.2 Å². The van der Waals surface area contributed by atoms with Gasteiger partial charge in [-0.05, 0) is 49.6 Å². The SMILES string of the molecule is Cc1cnc(CN(C)C(=O)C2CCN(c3cccc4c3C(=O)N(Cc3cccc(Cl)c3)C4=O)CC2)[nH]1. The molecule has 0 radical (unpaired) electrons. The van der Waals surface area contributed by atoms with Crippen LogP contribution in [0.25, 0.3) is 0 Å². The van der Waals surface area contributed by atoms with Crippen molar-refractivity contribution in [3.8, 4) is 0 Å². The first-order valence-electron chi connectivity index (χ1n) is 12.1. The van der Waals surface area contributed by atoms with Crippen molar-refractivity contribution in [2.75, 3.05) is 25.0 Å². The second kappa shape index (κ2) is 9.78. The van der Waals surface area contributed by atoms with E-state index < -0.39 is 0 Å². The minimum absolute atomic E-state index is 0.0873. The van der Waals surface area contributed by atoms with Gasteiger partial charge < -0.3 is 14.8 Å². The van der Waals surface area contributed by atoms with Crippen molar-refractivity contribution < 1.29 is 14.4 Å². The normalized spacial score (nSPS) is 16.0.